The first-order valence-corrected chi connectivity index (χ1v) is 7.51. The Balaban J connectivity index is 4.21. The van der Waals surface area contributed by atoms with Crippen LogP contribution in [-0.2, 0) is 4.79 Å². The van der Waals surface area contributed by atoms with Crippen molar-refractivity contribution in [3.63, 3.8) is 0 Å². The zero-order chi connectivity index (χ0) is 13.4. The second-order valence-corrected chi connectivity index (χ2v) is 6.87. The largest absolute Gasteiger partial charge is 0.341 e. The molecule has 0 aromatic carbocycles. The number of hydrogen-bond acceptors (Lipinski definition) is 3. The number of carbonyl (C=O) groups excluding carboxylic acids is 1. The summed E-state index contributed by atoms with van der Waals surface area (Å²) in [5.41, 5.74) is 5.55. The van der Waals surface area contributed by atoms with Crippen molar-refractivity contribution in [3.05, 3.63) is 0 Å². The molecular weight excluding hydrogens is 232 g/mol. The third-order valence-electron chi connectivity index (χ3n) is 2.35. The highest BCUT2D eigenvalue weighted by Crippen LogP contribution is 2.12. The Morgan fingerprint density at radius 1 is 1.12 bits per heavy atom. The van der Waals surface area contributed by atoms with Crippen LogP contribution in [0.2, 0.25) is 0 Å². The monoisotopic (exact) mass is 260 g/mol. The second-order valence-electron chi connectivity index (χ2n) is 5.44. The lowest BCUT2D eigenvalue weighted by Crippen LogP contribution is -2.38. The molecule has 1 unspecified atom stereocenters. The summed E-state index contributed by atoms with van der Waals surface area (Å²) >= 11 is 1.65. The normalized spacial score (nSPS) is 13.2. The summed E-state index contributed by atoms with van der Waals surface area (Å²) < 4.78 is 0. The average Bonchev–Trinajstić information content (AvgIpc) is 2.23. The van der Waals surface area contributed by atoms with Crippen LogP contribution in [0, 0.1) is 11.8 Å². The Morgan fingerprint density at radius 2 is 1.59 bits per heavy atom. The third-order valence-corrected chi connectivity index (χ3v) is 3.52. The van der Waals surface area contributed by atoms with E-state index < -0.39 is 0 Å². The van der Waals surface area contributed by atoms with Crippen molar-refractivity contribution in [2.45, 2.75) is 39.9 Å². The molecule has 17 heavy (non-hydrogen) atoms. The predicted octanol–water partition coefficient (Wildman–Crippen LogP) is 2.21. The van der Waals surface area contributed by atoms with E-state index in [-0.39, 0.29) is 5.91 Å². The molecule has 1 amide bonds. The van der Waals surface area contributed by atoms with Crippen LogP contribution in [0.15, 0.2) is 0 Å². The molecule has 0 spiro atoms. The molecule has 0 rings (SSSR count). The molecule has 102 valence electrons. The van der Waals surface area contributed by atoms with E-state index in [9.17, 15) is 4.79 Å². The molecule has 0 saturated carbocycles. The number of carbonyl (C=O) groups is 1. The van der Waals surface area contributed by atoms with Gasteiger partial charge in [-0.05, 0) is 11.8 Å². The topological polar surface area (TPSA) is 46.3 Å². The van der Waals surface area contributed by atoms with Gasteiger partial charge < -0.3 is 10.6 Å². The predicted molar refractivity (Wildman–Crippen MR) is 77.2 cm³/mol. The van der Waals surface area contributed by atoms with Gasteiger partial charge in [-0.15, -0.1) is 11.8 Å². The zero-order valence-corrected chi connectivity index (χ0v) is 12.7. The van der Waals surface area contributed by atoms with Gasteiger partial charge in [-0.25, -0.2) is 0 Å². The number of nitrogens with zero attached hydrogens (tertiary/aromatic N) is 1. The van der Waals surface area contributed by atoms with Crippen LogP contribution in [0.25, 0.3) is 0 Å². The van der Waals surface area contributed by atoms with E-state index in [2.05, 4.69) is 34.6 Å². The van der Waals surface area contributed by atoms with Crippen LogP contribution >= 0.6 is 11.8 Å². The minimum atomic E-state index is 0.248. The smallest absolute Gasteiger partial charge is 0.232 e. The molecule has 4 heteroatoms. The van der Waals surface area contributed by atoms with Crippen molar-refractivity contribution in [2.24, 2.45) is 17.6 Å². The highest BCUT2D eigenvalue weighted by molar-refractivity contribution is 8.00. The summed E-state index contributed by atoms with van der Waals surface area (Å²) in [4.78, 5) is 14.1. The van der Waals surface area contributed by atoms with Gasteiger partial charge in [-0.1, -0.05) is 34.6 Å². The quantitative estimate of drug-likeness (QED) is 0.728. The summed E-state index contributed by atoms with van der Waals surface area (Å²) in [6.07, 6.45) is 0. The number of rotatable bonds is 8. The van der Waals surface area contributed by atoms with Gasteiger partial charge in [-0.3, -0.25) is 4.79 Å². The molecular formula is C13H28N2OS. The minimum Gasteiger partial charge on any atom is -0.341 e. The Morgan fingerprint density at radius 3 is 1.94 bits per heavy atom. The molecule has 0 aliphatic heterocycles. The number of thioether (sulfide) groups is 1. The number of nitrogens with two attached hydrogens (primary N) is 1. The molecule has 2 N–H and O–H groups in total. The number of amides is 1. The van der Waals surface area contributed by atoms with Gasteiger partial charge in [0.2, 0.25) is 5.91 Å². The van der Waals surface area contributed by atoms with E-state index in [0.717, 1.165) is 13.1 Å². The standard InChI is InChI=1S/C13H28N2OS/c1-10(2)7-15(8-11(3)4)13(16)9-17-12(5)6-14/h10-12H,6-9,14H2,1-5H3. The van der Waals surface area contributed by atoms with E-state index in [1.165, 1.54) is 0 Å². The molecule has 3 nitrogen and oxygen atoms in total. The van der Waals surface area contributed by atoms with Crippen LogP contribution in [0.3, 0.4) is 0 Å². The van der Waals surface area contributed by atoms with Gasteiger partial charge in [0.15, 0.2) is 0 Å². The first kappa shape index (κ1) is 16.8. The molecule has 0 aromatic heterocycles. The lowest BCUT2D eigenvalue weighted by atomic mass is 10.1. The molecule has 0 heterocycles. The summed E-state index contributed by atoms with van der Waals surface area (Å²) in [6.45, 7) is 13.0. The maximum Gasteiger partial charge on any atom is 0.232 e. The first-order valence-electron chi connectivity index (χ1n) is 6.46. The molecule has 0 aliphatic carbocycles. The van der Waals surface area contributed by atoms with Gasteiger partial charge in [0.1, 0.15) is 0 Å². The fourth-order valence-electron chi connectivity index (χ4n) is 1.53. The van der Waals surface area contributed by atoms with Crippen molar-refractivity contribution >= 4 is 17.7 Å². The van der Waals surface area contributed by atoms with Gasteiger partial charge in [0.25, 0.3) is 0 Å². The fraction of sp³-hybridized carbons (Fsp3) is 0.923. The fourth-order valence-corrected chi connectivity index (χ4v) is 2.28. The van der Waals surface area contributed by atoms with E-state index >= 15 is 0 Å². The Hall–Kier alpha value is -0.220. The highest BCUT2D eigenvalue weighted by Gasteiger charge is 2.16. The van der Waals surface area contributed by atoms with Gasteiger partial charge >= 0.3 is 0 Å². The van der Waals surface area contributed by atoms with E-state index in [0.29, 0.717) is 29.4 Å². The van der Waals surface area contributed by atoms with Crippen molar-refractivity contribution in [1.29, 1.82) is 0 Å². The third kappa shape index (κ3) is 8.50. The van der Waals surface area contributed by atoms with Crippen LogP contribution in [0.4, 0.5) is 0 Å². The lowest BCUT2D eigenvalue weighted by Gasteiger charge is -2.26. The van der Waals surface area contributed by atoms with Crippen LogP contribution in [-0.4, -0.2) is 41.4 Å². The lowest BCUT2D eigenvalue weighted by molar-refractivity contribution is -0.129. The summed E-state index contributed by atoms with van der Waals surface area (Å²) in [5, 5.41) is 0.360. The molecule has 0 aromatic rings. The minimum absolute atomic E-state index is 0.248. The van der Waals surface area contributed by atoms with Crippen LogP contribution in [0.1, 0.15) is 34.6 Å². The highest BCUT2D eigenvalue weighted by atomic mass is 32.2. The van der Waals surface area contributed by atoms with Gasteiger partial charge in [0.05, 0.1) is 5.75 Å². The summed E-state index contributed by atoms with van der Waals surface area (Å²) in [5.74, 6) is 1.85. The Kier molecular flexibility index (Phi) is 8.70. The summed E-state index contributed by atoms with van der Waals surface area (Å²) in [7, 11) is 0. The van der Waals surface area contributed by atoms with E-state index in [4.69, 9.17) is 5.73 Å². The van der Waals surface area contributed by atoms with Crippen molar-refractivity contribution < 1.29 is 4.79 Å². The maximum absolute atomic E-state index is 12.1. The molecule has 0 radical (unpaired) electrons. The van der Waals surface area contributed by atoms with Gasteiger partial charge in [0, 0.05) is 24.9 Å². The van der Waals surface area contributed by atoms with Crippen molar-refractivity contribution in [3.8, 4) is 0 Å². The maximum atomic E-state index is 12.1. The average molecular weight is 260 g/mol. The summed E-state index contributed by atoms with van der Waals surface area (Å²) in [6, 6.07) is 0. The van der Waals surface area contributed by atoms with Gasteiger partial charge in [-0.2, -0.15) is 0 Å². The molecule has 0 aliphatic rings. The van der Waals surface area contributed by atoms with Crippen molar-refractivity contribution in [1.82, 2.24) is 4.90 Å². The Labute approximate surface area is 111 Å². The second kappa shape index (κ2) is 8.81. The first-order chi connectivity index (χ1) is 7.86. The van der Waals surface area contributed by atoms with Crippen molar-refractivity contribution in [2.75, 3.05) is 25.4 Å². The molecule has 0 bridgehead atoms. The number of hydrogen-bond donors (Lipinski definition) is 1. The molecule has 0 saturated heterocycles. The van der Waals surface area contributed by atoms with E-state index in [1.54, 1.807) is 11.8 Å². The van der Waals surface area contributed by atoms with E-state index in [1.807, 2.05) is 4.90 Å². The van der Waals surface area contributed by atoms with Crippen LogP contribution < -0.4 is 5.73 Å². The SMILES string of the molecule is CC(C)CN(CC(C)C)C(=O)CSC(C)CN. The zero-order valence-electron chi connectivity index (χ0n) is 11.9. The Bertz CT molecular complexity index is 209. The molecule has 1 atom stereocenters. The molecule has 0 fully saturated rings. The van der Waals surface area contributed by atoms with Crippen LogP contribution in [0.5, 0.6) is 0 Å².